The van der Waals surface area contributed by atoms with Crippen molar-refractivity contribution in [3.05, 3.63) is 23.3 Å². The van der Waals surface area contributed by atoms with Gasteiger partial charge in [-0.15, -0.1) is 0 Å². The summed E-state index contributed by atoms with van der Waals surface area (Å²) in [5, 5.41) is 32.3. The van der Waals surface area contributed by atoms with Gasteiger partial charge in [0.1, 0.15) is 17.0 Å². The van der Waals surface area contributed by atoms with Gasteiger partial charge in [0, 0.05) is 19.2 Å². The molecule has 7 heteroatoms. The standard InChI is InChI=1S/C20H30N2O5/c1-12(2)14-9-15(17(24)10-16(14)23)18(25)22-7-5-13(6-8-22)11-21-20(3,4)19(26)27/h9-10,12-13,21,23-24H,5-8,11H2,1-4H3,(H,26,27). The highest BCUT2D eigenvalue weighted by atomic mass is 16.4. The molecule has 27 heavy (non-hydrogen) atoms. The zero-order valence-corrected chi connectivity index (χ0v) is 16.5. The predicted molar refractivity (Wildman–Crippen MR) is 102 cm³/mol. The van der Waals surface area contributed by atoms with E-state index in [0.29, 0.717) is 31.1 Å². The van der Waals surface area contributed by atoms with Crippen molar-refractivity contribution in [1.29, 1.82) is 0 Å². The van der Waals surface area contributed by atoms with Crippen LogP contribution < -0.4 is 5.32 Å². The van der Waals surface area contributed by atoms with Gasteiger partial charge in [-0.3, -0.25) is 9.59 Å². The molecule has 1 aromatic carbocycles. The lowest BCUT2D eigenvalue weighted by molar-refractivity contribution is -0.143. The van der Waals surface area contributed by atoms with Crippen LogP contribution in [0.15, 0.2) is 12.1 Å². The third-order valence-electron chi connectivity index (χ3n) is 5.27. The SMILES string of the molecule is CC(C)c1cc(C(=O)N2CCC(CNC(C)(C)C(=O)O)CC2)c(O)cc1O. The van der Waals surface area contributed by atoms with Crippen LogP contribution in [0.2, 0.25) is 0 Å². The number of nitrogens with zero attached hydrogens (tertiary/aromatic N) is 1. The molecule has 1 amide bonds. The minimum atomic E-state index is -0.974. The lowest BCUT2D eigenvalue weighted by Crippen LogP contribution is -2.50. The summed E-state index contributed by atoms with van der Waals surface area (Å²) in [7, 11) is 0. The van der Waals surface area contributed by atoms with Gasteiger partial charge in [-0.2, -0.15) is 0 Å². The number of hydrogen-bond donors (Lipinski definition) is 4. The van der Waals surface area contributed by atoms with Gasteiger partial charge < -0.3 is 25.5 Å². The molecular weight excluding hydrogens is 348 g/mol. The number of carboxylic acids is 1. The van der Waals surface area contributed by atoms with E-state index in [1.54, 1.807) is 24.8 Å². The molecule has 0 bridgehead atoms. The van der Waals surface area contributed by atoms with Gasteiger partial charge in [-0.1, -0.05) is 13.8 Å². The van der Waals surface area contributed by atoms with Crippen molar-refractivity contribution in [1.82, 2.24) is 10.2 Å². The van der Waals surface area contributed by atoms with Gasteiger partial charge in [0.05, 0.1) is 5.56 Å². The van der Waals surface area contributed by atoms with Crippen LogP contribution in [0.4, 0.5) is 0 Å². The minimum Gasteiger partial charge on any atom is -0.508 e. The highest BCUT2D eigenvalue weighted by molar-refractivity contribution is 5.97. The molecule has 4 N–H and O–H groups in total. The second kappa shape index (κ2) is 8.17. The van der Waals surface area contributed by atoms with Crippen molar-refractivity contribution in [2.75, 3.05) is 19.6 Å². The van der Waals surface area contributed by atoms with Crippen molar-refractivity contribution < 1.29 is 24.9 Å². The zero-order chi connectivity index (χ0) is 20.4. The van der Waals surface area contributed by atoms with Crippen LogP contribution in [-0.4, -0.2) is 57.3 Å². The van der Waals surface area contributed by atoms with Crippen LogP contribution in [-0.2, 0) is 4.79 Å². The van der Waals surface area contributed by atoms with E-state index in [-0.39, 0.29) is 28.9 Å². The summed E-state index contributed by atoms with van der Waals surface area (Å²) >= 11 is 0. The molecule has 7 nitrogen and oxygen atoms in total. The Morgan fingerprint density at radius 1 is 1.19 bits per heavy atom. The fraction of sp³-hybridized carbons (Fsp3) is 0.600. The van der Waals surface area contributed by atoms with Gasteiger partial charge in [0.2, 0.25) is 0 Å². The quantitative estimate of drug-likeness (QED) is 0.605. The van der Waals surface area contributed by atoms with Crippen LogP contribution in [0.25, 0.3) is 0 Å². The van der Waals surface area contributed by atoms with E-state index >= 15 is 0 Å². The fourth-order valence-electron chi connectivity index (χ4n) is 3.21. The van der Waals surface area contributed by atoms with Crippen LogP contribution in [0.1, 0.15) is 62.4 Å². The summed E-state index contributed by atoms with van der Waals surface area (Å²) in [5.41, 5.74) is -0.135. The molecular formula is C20H30N2O5. The number of phenolic OH excluding ortho intramolecular Hbond substituents is 2. The Bertz CT molecular complexity index is 707. The van der Waals surface area contributed by atoms with Crippen LogP contribution >= 0.6 is 0 Å². The Balaban J connectivity index is 1.99. The van der Waals surface area contributed by atoms with Crippen molar-refractivity contribution in [3.63, 3.8) is 0 Å². The number of hydrogen-bond acceptors (Lipinski definition) is 5. The van der Waals surface area contributed by atoms with E-state index in [1.807, 2.05) is 13.8 Å². The maximum absolute atomic E-state index is 12.8. The largest absolute Gasteiger partial charge is 0.508 e. The van der Waals surface area contributed by atoms with Gasteiger partial charge in [-0.25, -0.2) is 0 Å². The van der Waals surface area contributed by atoms with Gasteiger partial charge in [0.15, 0.2) is 0 Å². The molecule has 150 valence electrons. The molecule has 0 saturated carbocycles. The van der Waals surface area contributed by atoms with Gasteiger partial charge >= 0.3 is 5.97 Å². The highest BCUT2D eigenvalue weighted by Gasteiger charge is 2.30. The summed E-state index contributed by atoms with van der Waals surface area (Å²) in [4.78, 5) is 25.7. The predicted octanol–water partition coefficient (Wildman–Crippen LogP) is 2.53. The monoisotopic (exact) mass is 378 g/mol. The molecule has 1 aliphatic heterocycles. The first-order chi connectivity index (χ1) is 12.5. The van der Waals surface area contributed by atoms with Crippen molar-refractivity contribution in [2.45, 2.75) is 52.0 Å². The van der Waals surface area contributed by atoms with Crippen LogP contribution in [0.3, 0.4) is 0 Å². The van der Waals surface area contributed by atoms with Gasteiger partial charge in [0.25, 0.3) is 5.91 Å². The number of carboxylic acid groups (broad SMARTS) is 1. The molecule has 0 spiro atoms. The average Bonchev–Trinajstić information content (AvgIpc) is 2.59. The number of phenols is 2. The number of amides is 1. The van der Waals surface area contributed by atoms with Crippen LogP contribution in [0.5, 0.6) is 11.5 Å². The van der Waals surface area contributed by atoms with E-state index in [1.165, 1.54) is 6.07 Å². The first-order valence-corrected chi connectivity index (χ1v) is 9.36. The smallest absolute Gasteiger partial charge is 0.323 e. The van der Waals surface area contributed by atoms with Crippen molar-refractivity contribution >= 4 is 11.9 Å². The number of likely N-dealkylation sites (tertiary alicyclic amines) is 1. The number of carbonyl (C=O) groups excluding carboxylic acids is 1. The summed E-state index contributed by atoms with van der Waals surface area (Å²) in [6.07, 6.45) is 1.54. The maximum Gasteiger partial charge on any atom is 0.323 e. The second-order valence-corrected chi connectivity index (χ2v) is 8.13. The lowest BCUT2D eigenvalue weighted by Gasteiger charge is -2.34. The fourth-order valence-corrected chi connectivity index (χ4v) is 3.21. The molecule has 1 heterocycles. The molecule has 1 aromatic rings. The van der Waals surface area contributed by atoms with Gasteiger partial charge in [-0.05, 0) is 56.7 Å². The Kier molecular flexibility index (Phi) is 6.36. The zero-order valence-electron chi connectivity index (χ0n) is 16.5. The Morgan fingerprint density at radius 2 is 1.78 bits per heavy atom. The van der Waals surface area contributed by atoms with Crippen LogP contribution in [0, 0.1) is 5.92 Å². The van der Waals surface area contributed by atoms with E-state index < -0.39 is 11.5 Å². The molecule has 0 aliphatic carbocycles. The normalized spacial score (nSPS) is 16.0. The lowest BCUT2D eigenvalue weighted by atomic mass is 9.94. The molecule has 0 unspecified atom stereocenters. The van der Waals surface area contributed by atoms with Crippen molar-refractivity contribution in [2.24, 2.45) is 5.92 Å². The number of rotatable bonds is 6. The number of nitrogens with one attached hydrogen (secondary N) is 1. The first-order valence-electron chi connectivity index (χ1n) is 9.36. The number of benzene rings is 1. The Labute approximate surface area is 160 Å². The molecule has 0 atom stereocenters. The summed E-state index contributed by atoms with van der Waals surface area (Å²) in [6.45, 7) is 8.78. The third-order valence-corrected chi connectivity index (χ3v) is 5.27. The summed E-state index contributed by atoms with van der Waals surface area (Å²) in [5.74, 6) is -1.02. The summed E-state index contributed by atoms with van der Waals surface area (Å²) < 4.78 is 0. The number of aromatic hydroxyl groups is 2. The Hall–Kier alpha value is -2.28. The minimum absolute atomic E-state index is 0.00937. The third kappa shape index (κ3) is 4.91. The van der Waals surface area contributed by atoms with Crippen molar-refractivity contribution in [3.8, 4) is 11.5 Å². The van der Waals surface area contributed by atoms with E-state index in [2.05, 4.69) is 5.32 Å². The maximum atomic E-state index is 12.8. The highest BCUT2D eigenvalue weighted by Crippen LogP contribution is 2.33. The summed E-state index contributed by atoms with van der Waals surface area (Å²) in [6, 6.07) is 2.80. The molecule has 0 aromatic heterocycles. The molecule has 1 saturated heterocycles. The van der Waals surface area contributed by atoms with E-state index in [4.69, 9.17) is 5.11 Å². The van der Waals surface area contributed by atoms with E-state index in [9.17, 15) is 19.8 Å². The topological polar surface area (TPSA) is 110 Å². The molecule has 0 radical (unpaired) electrons. The number of piperidine rings is 1. The molecule has 1 fully saturated rings. The molecule has 2 rings (SSSR count). The average molecular weight is 378 g/mol. The van der Waals surface area contributed by atoms with E-state index in [0.717, 1.165) is 12.8 Å². The number of aliphatic carboxylic acids is 1. The Morgan fingerprint density at radius 3 is 2.30 bits per heavy atom. The first kappa shape index (κ1) is 21.0. The number of carbonyl (C=O) groups is 2. The second-order valence-electron chi connectivity index (χ2n) is 8.13. The molecule has 1 aliphatic rings.